The van der Waals surface area contributed by atoms with Crippen molar-refractivity contribution in [3.63, 3.8) is 0 Å². The number of carbonyl (C=O) groups is 1. The van der Waals surface area contributed by atoms with Gasteiger partial charge in [-0.15, -0.1) is 0 Å². The number of carbonyl (C=O) groups excluding carboxylic acids is 1. The Bertz CT molecular complexity index is 859. The van der Waals surface area contributed by atoms with Crippen molar-refractivity contribution >= 4 is 5.78 Å². The molecule has 0 saturated heterocycles. The molecule has 0 fully saturated rings. The third-order valence-corrected chi connectivity index (χ3v) is 4.46. The Labute approximate surface area is 148 Å². The van der Waals surface area contributed by atoms with E-state index in [1.54, 1.807) is 0 Å². The van der Waals surface area contributed by atoms with E-state index in [4.69, 9.17) is 9.47 Å². The number of fused-ring (bicyclic) bond motifs is 1. The van der Waals surface area contributed by atoms with E-state index >= 15 is 0 Å². The first-order valence-corrected chi connectivity index (χ1v) is 7.76. The summed E-state index contributed by atoms with van der Waals surface area (Å²) in [6.07, 6.45) is -3.16. The Hall–Kier alpha value is -2.97. The summed E-state index contributed by atoms with van der Waals surface area (Å²) in [6.45, 7) is 1.44. The molecule has 0 spiro atoms. The Morgan fingerprint density at radius 1 is 1.12 bits per heavy atom. The van der Waals surface area contributed by atoms with E-state index in [0.717, 1.165) is 0 Å². The number of aliphatic hydroxyl groups is 2. The molecule has 0 saturated carbocycles. The zero-order valence-corrected chi connectivity index (χ0v) is 14.0. The second kappa shape index (κ2) is 6.40. The number of rotatable bonds is 3. The average Bonchev–Trinajstić information content (AvgIpc) is 2.60. The fourth-order valence-electron chi connectivity index (χ4n) is 3.04. The molecular formula is C18H18O8. The first-order chi connectivity index (χ1) is 12.3. The molecule has 0 aromatic heterocycles. The molecule has 0 bridgehead atoms. The van der Waals surface area contributed by atoms with Gasteiger partial charge in [-0.2, -0.15) is 0 Å². The SMILES string of the molecule is COc1c(O)c(C)c2c(c1O)C(=O)[C@H]([C@H](O)c1ccc(O)cc1)[C@@H](O)O2. The minimum absolute atomic E-state index is 0.0217. The number of aromatic hydroxyl groups is 3. The molecule has 138 valence electrons. The van der Waals surface area contributed by atoms with Crippen LogP contribution < -0.4 is 9.47 Å². The van der Waals surface area contributed by atoms with Gasteiger partial charge in [0.05, 0.1) is 13.2 Å². The van der Waals surface area contributed by atoms with E-state index in [2.05, 4.69) is 0 Å². The van der Waals surface area contributed by atoms with Crippen molar-refractivity contribution in [2.24, 2.45) is 5.92 Å². The maximum atomic E-state index is 12.9. The number of ketones is 1. The smallest absolute Gasteiger partial charge is 0.210 e. The summed E-state index contributed by atoms with van der Waals surface area (Å²) in [5.74, 6) is -3.73. The van der Waals surface area contributed by atoms with Crippen LogP contribution in [-0.4, -0.2) is 44.7 Å². The van der Waals surface area contributed by atoms with Gasteiger partial charge in [-0.3, -0.25) is 4.79 Å². The first kappa shape index (κ1) is 17.8. The predicted octanol–water partition coefficient (Wildman–Crippen LogP) is 1.36. The lowest BCUT2D eigenvalue weighted by Gasteiger charge is -2.33. The molecule has 8 nitrogen and oxygen atoms in total. The molecule has 5 N–H and O–H groups in total. The lowest BCUT2D eigenvalue weighted by molar-refractivity contribution is -0.0934. The Balaban J connectivity index is 2.10. The highest BCUT2D eigenvalue weighted by atomic mass is 16.6. The van der Waals surface area contributed by atoms with Crippen LogP contribution in [0.25, 0.3) is 0 Å². The van der Waals surface area contributed by atoms with E-state index in [0.29, 0.717) is 0 Å². The molecule has 3 rings (SSSR count). The quantitative estimate of drug-likeness (QED) is 0.552. The largest absolute Gasteiger partial charge is 0.508 e. The van der Waals surface area contributed by atoms with Crippen LogP contribution in [0.5, 0.6) is 28.7 Å². The molecule has 1 aliphatic heterocycles. The van der Waals surface area contributed by atoms with Gasteiger partial charge >= 0.3 is 0 Å². The summed E-state index contributed by atoms with van der Waals surface area (Å²) in [5.41, 5.74) is 0.0964. The molecule has 2 aromatic carbocycles. The van der Waals surface area contributed by atoms with E-state index in [-0.39, 0.29) is 33.9 Å². The molecule has 8 heteroatoms. The maximum Gasteiger partial charge on any atom is 0.210 e. The fourth-order valence-corrected chi connectivity index (χ4v) is 3.04. The van der Waals surface area contributed by atoms with E-state index in [1.807, 2.05) is 0 Å². The van der Waals surface area contributed by atoms with Gasteiger partial charge < -0.3 is 35.0 Å². The molecule has 0 amide bonds. The van der Waals surface area contributed by atoms with Crippen LogP contribution in [0.1, 0.15) is 27.6 Å². The Morgan fingerprint density at radius 2 is 1.73 bits per heavy atom. The van der Waals surface area contributed by atoms with Gasteiger partial charge in [0.2, 0.25) is 12.0 Å². The summed E-state index contributed by atoms with van der Waals surface area (Å²) >= 11 is 0. The van der Waals surface area contributed by atoms with Gasteiger partial charge in [0, 0.05) is 5.56 Å². The predicted molar refractivity (Wildman–Crippen MR) is 88.6 cm³/mol. The number of methoxy groups -OCH3 is 1. The standard InChI is InChI=1S/C18H18O8/c1-7-12(20)17(25-2)15(23)10-14(22)11(18(24)26-16(7)10)13(21)8-3-5-9(19)6-4-8/h3-6,11,13,18-21,23-24H,1-2H3/t11-,13+,18-/m0/s1. The number of aliphatic hydroxyl groups excluding tert-OH is 2. The number of phenols is 3. The first-order valence-electron chi connectivity index (χ1n) is 7.76. The monoisotopic (exact) mass is 362 g/mol. The van der Waals surface area contributed by atoms with E-state index in [9.17, 15) is 30.3 Å². The van der Waals surface area contributed by atoms with Crippen LogP contribution in [0.2, 0.25) is 0 Å². The minimum atomic E-state index is -1.70. The highest BCUT2D eigenvalue weighted by Gasteiger charge is 2.45. The van der Waals surface area contributed by atoms with Crippen molar-refractivity contribution in [3.05, 3.63) is 41.0 Å². The number of hydrogen-bond acceptors (Lipinski definition) is 8. The molecule has 1 heterocycles. The van der Waals surface area contributed by atoms with Crippen molar-refractivity contribution in [3.8, 4) is 28.7 Å². The number of hydrogen-bond donors (Lipinski definition) is 5. The average molecular weight is 362 g/mol. The van der Waals surface area contributed by atoms with E-state index < -0.39 is 35.6 Å². The molecule has 2 aromatic rings. The number of Topliss-reactive ketones (excluding diaryl/α,β-unsaturated/α-hetero) is 1. The summed E-state index contributed by atoms with van der Waals surface area (Å²) < 4.78 is 10.3. The van der Waals surface area contributed by atoms with Gasteiger partial charge in [-0.05, 0) is 24.6 Å². The number of phenolic OH excluding ortho intramolecular Hbond substituents is 3. The number of benzene rings is 2. The van der Waals surface area contributed by atoms with Gasteiger partial charge in [0.25, 0.3) is 0 Å². The van der Waals surface area contributed by atoms with Crippen molar-refractivity contribution in [1.29, 1.82) is 0 Å². The van der Waals surface area contributed by atoms with Crippen LogP contribution in [0.15, 0.2) is 24.3 Å². The van der Waals surface area contributed by atoms with Crippen molar-refractivity contribution in [2.45, 2.75) is 19.3 Å². The summed E-state index contributed by atoms with van der Waals surface area (Å²) in [5, 5.41) is 50.5. The Morgan fingerprint density at radius 3 is 2.31 bits per heavy atom. The molecule has 26 heavy (non-hydrogen) atoms. The minimum Gasteiger partial charge on any atom is -0.508 e. The normalized spacial score (nSPS) is 20.2. The molecule has 0 unspecified atom stereocenters. The lowest BCUT2D eigenvalue weighted by atomic mass is 9.84. The third-order valence-electron chi connectivity index (χ3n) is 4.46. The van der Waals surface area contributed by atoms with Gasteiger partial charge in [-0.1, -0.05) is 12.1 Å². The zero-order valence-electron chi connectivity index (χ0n) is 14.0. The van der Waals surface area contributed by atoms with Crippen molar-refractivity contribution in [2.75, 3.05) is 7.11 Å². The van der Waals surface area contributed by atoms with Crippen molar-refractivity contribution in [1.82, 2.24) is 0 Å². The lowest BCUT2D eigenvalue weighted by Crippen LogP contribution is -2.41. The highest BCUT2D eigenvalue weighted by molar-refractivity contribution is 6.06. The van der Waals surface area contributed by atoms with Crippen LogP contribution >= 0.6 is 0 Å². The molecular weight excluding hydrogens is 344 g/mol. The summed E-state index contributed by atoms with van der Waals surface area (Å²) in [7, 11) is 1.21. The molecule has 0 aliphatic carbocycles. The fraction of sp³-hybridized carbons (Fsp3) is 0.278. The van der Waals surface area contributed by atoms with Crippen LogP contribution in [-0.2, 0) is 0 Å². The van der Waals surface area contributed by atoms with Crippen LogP contribution in [0, 0.1) is 12.8 Å². The second-order valence-electron chi connectivity index (χ2n) is 5.99. The van der Waals surface area contributed by atoms with E-state index in [1.165, 1.54) is 38.3 Å². The van der Waals surface area contributed by atoms with Crippen LogP contribution in [0.3, 0.4) is 0 Å². The molecule has 3 atom stereocenters. The Kier molecular flexibility index (Phi) is 4.39. The second-order valence-corrected chi connectivity index (χ2v) is 5.99. The van der Waals surface area contributed by atoms with Gasteiger partial charge in [0.15, 0.2) is 17.3 Å². The van der Waals surface area contributed by atoms with Crippen molar-refractivity contribution < 1.29 is 39.8 Å². The number of ether oxygens (including phenoxy) is 2. The molecule has 0 radical (unpaired) electrons. The van der Waals surface area contributed by atoms with Gasteiger partial charge in [0.1, 0.15) is 23.0 Å². The summed E-state index contributed by atoms with van der Waals surface area (Å²) in [4.78, 5) is 12.9. The zero-order chi connectivity index (χ0) is 19.2. The third kappa shape index (κ3) is 2.59. The van der Waals surface area contributed by atoms with Gasteiger partial charge in [-0.25, -0.2) is 0 Å². The highest BCUT2D eigenvalue weighted by Crippen LogP contribution is 2.51. The topological polar surface area (TPSA) is 137 Å². The van der Waals surface area contributed by atoms with Crippen LogP contribution in [0.4, 0.5) is 0 Å². The maximum absolute atomic E-state index is 12.9. The summed E-state index contributed by atoms with van der Waals surface area (Å²) in [6, 6.07) is 5.46. The molecule has 1 aliphatic rings.